The van der Waals surface area contributed by atoms with Crippen molar-refractivity contribution >= 4 is 7.12 Å². The summed E-state index contributed by atoms with van der Waals surface area (Å²) >= 11 is 0. The van der Waals surface area contributed by atoms with Gasteiger partial charge in [-0.15, -0.1) is 0 Å². The Kier molecular flexibility index (Phi) is 3.89. The molecule has 2 unspecified atom stereocenters. The summed E-state index contributed by atoms with van der Waals surface area (Å²) < 4.78 is 12.5. The first-order valence-corrected chi connectivity index (χ1v) is 7.26. The summed E-state index contributed by atoms with van der Waals surface area (Å²) in [5.41, 5.74) is -0.0357. The van der Waals surface area contributed by atoms with E-state index in [1.165, 1.54) is 19.3 Å². The fourth-order valence-electron chi connectivity index (χ4n) is 3.68. The number of hydrogen-bond donors (Lipinski definition) is 0. The Morgan fingerprint density at radius 2 is 1.94 bits per heavy atom. The van der Waals surface area contributed by atoms with Gasteiger partial charge >= 0.3 is 7.12 Å². The highest BCUT2D eigenvalue weighted by Gasteiger charge is 2.54. The van der Waals surface area contributed by atoms with E-state index in [0.29, 0.717) is 23.9 Å². The van der Waals surface area contributed by atoms with Gasteiger partial charge in [0.2, 0.25) is 0 Å². The molecule has 1 aliphatic carbocycles. The van der Waals surface area contributed by atoms with E-state index in [2.05, 4.69) is 34.6 Å². The van der Waals surface area contributed by atoms with Crippen molar-refractivity contribution in [1.29, 1.82) is 0 Å². The smallest absolute Gasteiger partial charge is 0.405 e. The molecule has 0 aromatic rings. The molecule has 98 valence electrons. The van der Waals surface area contributed by atoms with Gasteiger partial charge in [0.05, 0.1) is 11.7 Å². The van der Waals surface area contributed by atoms with Crippen molar-refractivity contribution in [3.63, 3.8) is 0 Å². The molecule has 0 spiro atoms. The lowest BCUT2D eigenvalue weighted by molar-refractivity contribution is -0.0509. The molecule has 1 aliphatic heterocycles. The summed E-state index contributed by atoms with van der Waals surface area (Å²) in [6.45, 7) is 11.4. The Labute approximate surface area is 107 Å². The first kappa shape index (κ1) is 13.4. The minimum absolute atomic E-state index is 0.0318. The molecule has 0 aromatic heterocycles. The van der Waals surface area contributed by atoms with Crippen molar-refractivity contribution in [2.45, 2.75) is 71.9 Å². The summed E-state index contributed by atoms with van der Waals surface area (Å²) in [5.74, 6) is 1.98. The highest BCUT2D eigenvalue weighted by atomic mass is 16.7. The summed E-state index contributed by atoms with van der Waals surface area (Å²) in [4.78, 5) is 0. The van der Waals surface area contributed by atoms with E-state index >= 15 is 0 Å². The van der Waals surface area contributed by atoms with E-state index < -0.39 is 0 Å². The van der Waals surface area contributed by atoms with Gasteiger partial charge in [-0.3, -0.25) is 0 Å². The van der Waals surface area contributed by atoms with Crippen molar-refractivity contribution in [2.75, 3.05) is 0 Å². The van der Waals surface area contributed by atoms with Crippen molar-refractivity contribution < 1.29 is 9.31 Å². The number of hydrogen-bond acceptors (Lipinski definition) is 2. The van der Waals surface area contributed by atoms with E-state index in [0.717, 1.165) is 6.32 Å². The summed E-state index contributed by atoms with van der Waals surface area (Å²) in [6, 6.07) is 0. The molecular formula is C14H27BO2. The lowest BCUT2D eigenvalue weighted by Gasteiger charge is -2.44. The topological polar surface area (TPSA) is 18.5 Å². The van der Waals surface area contributed by atoms with E-state index in [9.17, 15) is 0 Å². The van der Waals surface area contributed by atoms with Crippen LogP contribution in [0.5, 0.6) is 0 Å². The summed E-state index contributed by atoms with van der Waals surface area (Å²) in [5, 5.41) is 0. The maximum atomic E-state index is 6.32. The fraction of sp³-hybridized carbons (Fsp3) is 1.00. The Balaban J connectivity index is 2.09. The molecule has 3 heteroatoms. The van der Waals surface area contributed by atoms with Crippen LogP contribution in [-0.4, -0.2) is 18.8 Å². The van der Waals surface area contributed by atoms with Crippen LogP contribution in [0.3, 0.4) is 0 Å². The van der Waals surface area contributed by atoms with Crippen molar-refractivity contribution in [1.82, 2.24) is 0 Å². The second-order valence-electron chi connectivity index (χ2n) is 6.77. The molecule has 0 N–H and O–H groups in total. The minimum atomic E-state index is -0.0357. The van der Waals surface area contributed by atoms with Crippen LogP contribution < -0.4 is 0 Å². The normalized spacial score (nSPS) is 37.9. The fourth-order valence-corrected chi connectivity index (χ4v) is 3.68. The van der Waals surface area contributed by atoms with Gasteiger partial charge < -0.3 is 9.31 Å². The van der Waals surface area contributed by atoms with E-state index in [1.807, 2.05) is 0 Å². The summed E-state index contributed by atoms with van der Waals surface area (Å²) in [6.07, 6.45) is 5.11. The largest absolute Gasteiger partial charge is 0.457 e. The van der Waals surface area contributed by atoms with Gasteiger partial charge in [0, 0.05) is 0 Å². The quantitative estimate of drug-likeness (QED) is 0.697. The Morgan fingerprint density at radius 3 is 2.53 bits per heavy atom. The van der Waals surface area contributed by atoms with Crippen LogP contribution in [0.25, 0.3) is 0 Å². The molecule has 2 nitrogen and oxygen atoms in total. The predicted molar refractivity (Wildman–Crippen MR) is 71.9 cm³/mol. The lowest BCUT2D eigenvalue weighted by Crippen LogP contribution is -2.49. The zero-order valence-electron chi connectivity index (χ0n) is 12.0. The van der Waals surface area contributed by atoms with Gasteiger partial charge in [-0.25, -0.2) is 0 Å². The van der Waals surface area contributed by atoms with Gasteiger partial charge in [-0.05, 0) is 43.8 Å². The van der Waals surface area contributed by atoms with E-state index in [4.69, 9.17) is 9.31 Å². The zero-order chi connectivity index (χ0) is 12.6. The molecule has 0 bridgehead atoms. The molecule has 0 aromatic carbocycles. The predicted octanol–water partition coefficient (Wildman–Crippen LogP) is 3.76. The van der Waals surface area contributed by atoms with Crippen LogP contribution in [0.1, 0.15) is 53.9 Å². The Hall–Kier alpha value is -0.0151. The standard InChI is InChI=1S/C14H27BO2/c1-10(2)9-15-16-13-8-6-7-12(11(3)4)14(13,5)17-15/h10-13H,6-9H2,1-5H3/t12-,13?,14?/m0/s1. The van der Waals surface area contributed by atoms with Crippen molar-refractivity contribution in [3.8, 4) is 0 Å². The highest BCUT2D eigenvalue weighted by Crippen LogP contribution is 2.47. The van der Waals surface area contributed by atoms with Crippen LogP contribution in [0.2, 0.25) is 6.32 Å². The molecule has 2 aliphatic rings. The van der Waals surface area contributed by atoms with Crippen molar-refractivity contribution in [2.24, 2.45) is 17.8 Å². The average Bonchev–Trinajstić information content (AvgIpc) is 2.51. The van der Waals surface area contributed by atoms with Gasteiger partial charge in [0.15, 0.2) is 0 Å². The van der Waals surface area contributed by atoms with Gasteiger partial charge in [0.1, 0.15) is 0 Å². The van der Waals surface area contributed by atoms with Crippen molar-refractivity contribution in [3.05, 3.63) is 0 Å². The third-order valence-electron chi connectivity index (χ3n) is 4.53. The van der Waals surface area contributed by atoms with Gasteiger partial charge in [-0.1, -0.05) is 34.1 Å². The number of rotatable bonds is 3. The molecule has 2 rings (SSSR count). The van der Waals surface area contributed by atoms with E-state index in [-0.39, 0.29) is 12.7 Å². The lowest BCUT2D eigenvalue weighted by atomic mass is 9.69. The van der Waals surface area contributed by atoms with Crippen LogP contribution in [0, 0.1) is 17.8 Å². The van der Waals surface area contributed by atoms with Crippen LogP contribution in [0.15, 0.2) is 0 Å². The van der Waals surface area contributed by atoms with Gasteiger partial charge in [-0.2, -0.15) is 0 Å². The Bertz CT molecular complexity index is 267. The molecule has 0 amide bonds. The molecule has 1 heterocycles. The second-order valence-corrected chi connectivity index (χ2v) is 6.77. The van der Waals surface area contributed by atoms with Crippen LogP contribution in [0.4, 0.5) is 0 Å². The minimum Gasteiger partial charge on any atom is -0.405 e. The zero-order valence-corrected chi connectivity index (χ0v) is 12.0. The van der Waals surface area contributed by atoms with Crippen LogP contribution in [-0.2, 0) is 9.31 Å². The molecule has 0 radical (unpaired) electrons. The Morgan fingerprint density at radius 1 is 1.24 bits per heavy atom. The third kappa shape index (κ3) is 2.55. The maximum Gasteiger partial charge on any atom is 0.457 e. The first-order chi connectivity index (χ1) is 7.93. The molecular weight excluding hydrogens is 211 g/mol. The number of fused-ring (bicyclic) bond motifs is 1. The van der Waals surface area contributed by atoms with E-state index in [1.54, 1.807) is 0 Å². The summed E-state index contributed by atoms with van der Waals surface area (Å²) in [7, 11) is 0.0318. The monoisotopic (exact) mass is 238 g/mol. The second kappa shape index (κ2) is 4.93. The molecule has 2 fully saturated rings. The maximum absolute atomic E-state index is 6.32. The van der Waals surface area contributed by atoms with Gasteiger partial charge in [0.25, 0.3) is 0 Å². The molecule has 1 saturated carbocycles. The SMILES string of the molecule is CC(C)CB1OC2CCC[C@@H](C(C)C)C2(C)O1. The van der Waals surface area contributed by atoms with Crippen LogP contribution >= 0.6 is 0 Å². The first-order valence-electron chi connectivity index (χ1n) is 7.26. The average molecular weight is 238 g/mol. The molecule has 17 heavy (non-hydrogen) atoms. The third-order valence-corrected chi connectivity index (χ3v) is 4.53. The molecule has 3 atom stereocenters. The molecule has 1 saturated heterocycles. The highest BCUT2D eigenvalue weighted by molar-refractivity contribution is 6.45.